The van der Waals surface area contributed by atoms with Crippen molar-refractivity contribution in [3.05, 3.63) is 0 Å². The Bertz CT molecular complexity index is 292. The summed E-state index contributed by atoms with van der Waals surface area (Å²) in [7, 11) is 0. The van der Waals surface area contributed by atoms with Crippen molar-refractivity contribution in [3.8, 4) is 0 Å². The number of hydrogen-bond donors (Lipinski definition) is 1. The van der Waals surface area contributed by atoms with Gasteiger partial charge in [0, 0.05) is 18.3 Å². The van der Waals surface area contributed by atoms with Gasteiger partial charge < -0.3 is 5.11 Å². The molecule has 0 fully saturated rings. The Morgan fingerprint density at radius 3 is 2.06 bits per heavy atom. The Kier molecular flexibility index (Phi) is 6.69. The summed E-state index contributed by atoms with van der Waals surface area (Å²) in [6.45, 7) is 5.82. The number of unbranched alkanes of at least 4 members (excludes halogenated alkanes) is 1. The molecule has 0 aliphatic rings. The maximum Gasteiger partial charge on any atom is 0.310 e. The highest BCUT2D eigenvalue weighted by Crippen LogP contribution is 2.23. The molecular weight excluding hydrogens is 220 g/mol. The van der Waals surface area contributed by atoms with E-state index in [2.05, 4.69) is 0 Å². The highest BCUT2D eigenvalue weighted by Gasteiger charge is 2.24. The lowest BCUT2D eigenvalue weighted by Gasteiger charge is -2.20. The molecule has 0 atom stereocenters. The first-order valence-corrected chi connectivity index (χ1v) is 6.06. The predicted octanol–water partition coefficient (Wildman–Crippen LogP) is 2.60. The fraction of sp³-hybridized carbons (Fsp3) is 0.769. The summed E-state index contributed by atoms with van der Waals surface area (Å²) in [4.78, 5) is 33.1. The highest BCUT2D eigenvalue weighted by atomic mass is 16.4. The first-order chi connectivity index (χ1) is 7.79. The molecule has 0 saturated heterocycles. The number of carbonyl (C=O) groups is 3. The van der Waals surface area contributed by atoms with Crippen molar-refractivity contribution in [1.82, 2.24) is 0 Å². The van der Waals surface area contributed by atoms with E-state index in [-0.39, 0.29) is 23.4 Å². The van der Waals surface area contributed by atoms with Gasteiger partial charge in [0.1, 0.15) is 18.0 Å². The van der Waals surface area contributed by atoms with E-state index in [1.165, 1.54) is 0 Å². The molecule has 98 valence electrons. The van der Waals surface area contributed by atoms with Crippen LogP contribution in [0.4, 0.5) is 0 Å². The third kappa shape index (κ3) is 6.87. The fourth-order valence-corrected chi connectivity index (χ4v) is 1.40. The van der Waals surface area contributed by atoms with Gasteiger partial charge in [-0.1, -0.05) is 20.8 Å². The molecule has 0 saturated carbocycles. The molecule has 17 heavy (non-hydrogen) atoms. The van der Waals surface area contributed by atoms with Crippen molar-refractivity contribution < 1.29 is 19.5 Å². The Morgan fingerprint density at radius 1 is 1.06 bits per heavy atom. The van der Waals surface area contributed by atoms with Crippen molar-refractivity contribution in [2.75, 3.05) is 0 Å². The Hall–Kier alpha value is -1.19. The second-order valence-electron chi connectivity index (χ2n) is 4.98. The minimum absolute atomic E-state index is 0.214. The molecule has 4 heteroatoms. The molecule has 0 radical (unpaired) electrons. The van der Waals surface area contributed by atoms with Gasteiger partial charge in [-0.3, -0.25) is 14.4 Å². The molecule has 0 bridgehead atoms. The summed E-state index contributed by atoms with van der Waals surface area (Å²) in [6.07, 6.45) is 2.39. The number of ketones is 2. The topological polar surface area (TPSA) is 71.4 Å². The van der Waals surface area contributed by atoms with Crippen LogP contribution in [0, 0.1) is 5.41 Å². The van der Waals surface area contributed by atoms with Crippen LogP contribution >= 0.6 is 0 Å². The molecule has 0 heterocycles. The van der Waals surface area contributed by atoms with Crippen LogP contribution in [-0.4, -0.2) is 22.6 Å². The summed E-state index contributed by atoms with van der Waals surface area (Å²) < 4.78 is 0. The zero-order valence-electron chi connectivity index (χ0n) is 10.9. The van der Waals surface area contributed by atoms with Gasteiger partial charge in [0.25, 0.3) is 0 Å². The molecule has 0 spiro atoms. The van der Waals surface area contributed by atoms with Gasteiger partial charge in [-0.25, -0.2) is 0 Å². The second kappa shape index (κ2) is 7.20. The SMILES string of the molecule is CCC(C)(C)C(=O)CCCCC(=O)CC(=O)O. The lowest BCUT2D eigenvalue weighted by Crippen LogP contribution is -2.22. The van der Waals surface area contributed by atoms with E-state index in [9.17, 15) is 14.4 Å². The van der Waals surface area contributed by atoms with Gasteiger partial charge in [0.2, 0.25) is 0 Å². The lowest BCUT2D eigenvalue weighted by atomic mass is 9.83. The van der Waals surface area contributed by atoms with Gasteiger partial charge in [0.15, 0.2) is 0 Å². The van der Waals surface area contributed by atoms with Gasteiger partial charge in [0.05, 0.1) is 0 Å². The number of carboxylic acid groups (broad SMARTS) is 1. The van der Waals surface area contributed by atoms with Gasteiger partial charge in [-0.15, -0.1) is 0 Å². The quantitative estimate of drug-likeness (QED) is 0.498. The van der Waals surface area contributed by atoms with Crippen molar-refractivity contribution >= 4 is 17.5 Å². The number of hydrogen-bond acceptors (Lipinski definition) is 3. The molecule has 0 aromatic heterocycles. The summed E-state index contributed by atoms with van der Waals surface area (Å²) >= 11 is 0. The van der Waals surface area contributed by atoms with E-state index in [4.69, 9.17) is 5.11 Å². The van der Waals surface area contributed by atoms with Crippen LogP contribution in [-0.2, 0) is 14.4 Å². The van der Waals surface area contributed by atoms with E-state index < -0.39 is 12.4 Å². The smallest absolute Gasteiger partial charge is 0.310 e. The lowest BCUT2D eigenvalue weighted by molar-refractivity contribution is -0.140. The maximum absolute atomic E-state index is 11.7. The van der Waals surface area contributed by atoms with Crippen molar-refractivity contribution in [2.24, 2.45) is 5.41 Å². The van der Waals surface area contributed by atoms with E-state index in [1.54, 1.807) is 0 Å². The maximum atomic E-state index is 11.7. The Balaban J connectivity index is 3.75. The molecule has 0 unspecified atom stereocenters. The fourth-order valence-electron chi connectivity index (χ4n) is 1.40. The largest absolute Gasteiger partial charge is 0.481 e. The predicted molar refractivity (Wildman–Crippen MR) is 64.8 cm³/mol. The molecule has 0 aliphatic heterocycles. The monoisotopic (exact) mass is 242 g/mol. The third-order valence-corrected chi connectivity index (χ3v) is 3.10. The zero-order chi connectivity index (χ0) is 13.5. The van der Waals surface area contributed by atoms with Crippen molar-refractivity contribution in [3.63, 3.8) is 0 Å². The Labute approximate surface area is 102 Å². The van der Waals surface area contributed by atoms with Crippen LogP contribution in [0.1, 0.15) is 59.3 Å². The van der Waals surface area contributed by atoms with Gasteiger partial charge in [-0.05, 0) is 19.3 Å². The number of rotatable bonds is 9. The van der Waals surface area contributed by atoms with Crippen LogP contribution in [0.15, 0.2) is 0 Å². The van der Waals surface area contributed by atoms with Gasteiger partial charge >= 0.3 is 5.97 Å². The average Bonchev–Trinajstić information content (AvgIpc) is 2.23. The minimum Gasteiger partial charge on any atom is -0.481 e. The molecule has 0 amide bonds. The Morgan fingerprint density at radius 2 is 1.59 bits per heavy atom. The molecule has 0 aromatic carbocycles. The van der Waals surface area contributed by atoms with Crippen molar-refractivity contribution in [2.45, 2.75) is 59.3 Å². The number of carbonyl (C=O) groups excluding carboxylic acids is 2. The first kappa shape index (κ1) is 15.8. The molecule has 1 N–H and O–H groups in total. The van der Waals surface area contributed by atoms with Crippen LogP contribution < -0.4 is 0 Å². The molecule has 4 nitrogen and oxygen atoms in total. The molecule has 0 aliphatic carbocycles. The molecule has 0 rings (SSSR count). The van der Waals surface area contributed by atoms with E-state index in [0.29, 0.717) is 19.3 Å². The normalized spacial score (nSPS) is 11.2. The summed E-state index contributed by atoms with van der Waals surface area (Å²) in [5, 5.41) is 8.39. The summed E-state index contributed by atoms with van der Waals surface area (Å²) in [5.41, 5.74) is -0.287. The van der Waals surface area contributed by atoms with E-state index in [0.717, 1.165) is 6.42 Å². The van der Waals surface area contributed by atoms with Crippen LogP contribution in [0.5, 0.6) is 0 Å². The first-order valence-electron chi connectivity index (χ1n) is 6.06. The minimum atomic E-state index is -1.09. The van der Waals surface area contributed by atoms with Crippen LogP contribution in [0.2, 0.25) is 0 Å². The number of carboxylic acids is 1. The van der Waals surface area contributed by atoms with Crippen LogP contribution in [0.25, 0.3) is 0 Å². The summed E-state index contributed by atoms with van der Waals surface area (Å²) in [6, 6.07) is 0. The molecular formula is C13H22O4. The number of Topliss-reactive ketones (excluding diaryl/α,β-unsaturated/α-hetero) is 2. The summed E-state index contributed by atoms with van der Waals surface area (Å²) in [5.74, 6) is -1.14. The van der Waals surface area contributed by atoms with E-state index >= 15 is 0 Å². The standard InChI is InChI=1S/C13H22O4/c1-4-13(2,3)11(15)8-6-5-7-10(14)9-12(16)17/h4-9H2,1-3H3,(H,16,17). The highest BCUT2D eigenvalue weighted by molar-refractivity contribution is 5.94. The average molecular weight is 242 g/mol. The second-order valence-corrected chi connectivity index (χ2v) is 4.98. The van der Waals surface area contributed by atoms with Crippen molar-refractivity contribution in [1.29, 1.82) is 0 Å². The van der Waals surface area contributed by atoms with E-state index in [1.807, 2.05) is 20.8 Å². The number of aliphatic carboxylic acids is 1. The molecule has 0 aromatic rings. The van der Waals surface area contributed by atoms with Gasteiger partial charge in [-0.2, -0.15) is 0 Å². The zero-order valence-corrected chi connectivity index (χ0v) is 10.9. The van der Waals surface area contributed by atoms with Crippen LogP contribution in [0.3, 0.4) is 0 Å². The third-order valence-electron chi connectivity index (χ3n) is 3.10.